The molecule has 0 aliphatic rings. The van der Waals surface area contributed by atoms with Gasteiger partial charge in [0.05, 0.1) is 12.7 Å². The molecule has 0 spiro atoms. The maximum atomic E-state index is 9.44. The van der Waals surface area contributed by atoms with E-state index in [1.54, 1.807) is 6.20 Å². The minimum Gasteiger partial charge on any atom is -0.322 e. The van der Waals surface area contributed by atoms with E-state index >= 15 is 0 Å². The van der Waals surface area contributed by atoms with Crippen molar-refractivity contribution in [2.75, 3.05) is 7.11 Å². The lowest BCUT2D eigenvalue weighted by Crippen LogP contribution is -1.93. The van der Waals surface area contributed by atoms with Gasteiger partial charge in [-0.2, -0.15) is 5.26 Å². The molecular weight excluding hydrogens is 324 g/mol. The van der Waals surface area contributed by atoms with Gasteiger partial charge in [0.25, 0.3) is 0 Å². The maximum Gasteiger partial charge on any atom is 0.107 e. The number of benzene rings is 2. The van der Waals surface area contributed by atoms with Gasteiger partial charge >= 0.3 is 0 Å². The smallest absolute Gasteiger partial charge is 0.107 e. The lowest BCUT2D eigenvalue weighted by Gasteiger charge is -2.05. The summed E-state index contributed by atoms with van der Waals surface area (Å²) in [4.78, 5) is 9.51. The molecule has 0 unspecified atom stereocenters. The predicted octanol–water partition coefficient (Wildman–Crippen LogP) is 4.75. The Morgan fingerprint density at radius 1 is 1.04 bits per heavy atom. The molecule has 120 valence electrons. The molecule has 3 aromatic rings. The van der Waals surface area contributed by atoms with E-state index in [4.69, 9.17) is 16.5 Å². The SMILES string of the molecule is COOCc1ccc(-n2cc(C#N)c(-c3ccccc3Cl)c2)cc1. The molecule has 3 rings (SSSR count). The third-order valence-electron chi connectivity index (χ3n) is 3.69. The Balaban J connectivity index is 1.96. The summed E-state index contributed by atoms with van der Waals surface area (Å²) >= 11 is 6.27. The number of hydrogen-bond acceptors (Lipinski definition) is 3. The van der Waals surface area contributed by atoms with Crippen molar-refractivity contribution < 1.29 is 9.78 Å². The lowest BCUT2D eigenvalue weighted by molar-refractivity contribution is -0.282. The van der Waals surface area contributed by atoms with E-state index in [1.807, 2.05) is 59.3 Å². The third kappa shape index (κ3) is 3.34. The van der Waals surface area contributed by atoms with Crippen molar-refractivity contribution in [3.63, 3.8) is 0 Å². The van der Waals surface area contributed by atoms with Crippen LogP contribution >= 0.6 is 11.6 Å². The highest BCUT2D eigenvalue weighted by Gasteiger charge is 2.12. The Kier molecular flexibility index (Phi) is 4.97. The summed E-state index contributed by atoms with van der Waals surface area (Å²) in [7, 11) is 1.48. The Hall–Kier alpha value is -2.58. The van der Waals surface area contributed by atoms with Crippen molar-refractivity contribution in [1.29, 1.82) is 5.26 Å². The molecule has 0 aliphatic heterocycles. The Bertz CT molecular complexity index is 879. The molecule has 1 aromatic heterocycles. The van der Waals surface area contributed by atoms with Gasteiger partial charge in [0.15, 0.2) is 0 Å². The average molecular weight is 339 g/mol. The quantitative estimate of drug-likeness (QED) is 0.498. The molecule has 4 nitrogen and oxygen atoms in total. The zero-order valence-corrected chi connectivity index (χ0v) is 13.8. The zero-order chi connectivity index (χ0) is 16.9. The van der Waals surface area contributed by atoms with Crippen LogP contribution in [0.1, 0.15) is 11.1 Å². The summed E-state index contributed by atoms with van der Waals surface area (Å²) in [6.45, 7) is 0.386. The standard InChI is InChI=1S/C19H15ClN2O2/c1-23-24-13-14-6-8-16(9-7-14)22-11-15(10-21)18(12-22)17-4-2-3-5-19(17)20/h2-9,11-12H,13H2,1H3. The monoisotopic (exact) mass is 338 g/mol. The molecule has 24 heavy (non-hydrogen) atoms. The Morgan fingerprint density at radius 3 is 2.46 bits per heavy atom. The average Bonchev–Trinajstić information content (AvgIpc) is 3.05. The van der Waals surface area contributed by atoms with Gasteiger partial charge in [-0.25, -0.2) is 9.78 Å². The minimum absolute atomic E-state index is 0.386. The minimum atomic E-state index is 0.386. The van der Waals surface area contributed by atoms with Gasteiger partial charge in [-0.3, -0.25) is 0 Å². The van der Waals surface area contributed by atoms with Crippen LogP contribution in [0.2, 0.25) is 5.02 Å². The zero-order valence-electron chi connectivity index (χ0n) is 13.1. The van der Waals surface area contributed by atoms with Crippen molar-refractivity contribution in [1.82, 2.24) is 4.57 Å². The Morgan fingerprint density at radius 2 is 1.79 bits per heavy atom. The second-order valence-electron chi connectivity index (χ2n) is 5.18. The van der Waals surface area contributed by atoms with E-state index in [-0.39, 0.29) is 0 Å². The van der Waals surface area contributed by atoms with Crippen molar-refractivity contribution in [2.24, 2.45) is 0 Å². The summed E-state index contributed by atoms with van der Waals surface area (Å²) < 4.78 is 1.91. The van der Waals surface area contributed by atoms with Crippen molar-refractivity contribution in [2.45, 2.75) is 6.61 Å². The van der Waals surface area contributed by atoms with Gasteiger partial charge in [0, 0.05) is 34.2 Å². The molecule has 0 saturated heterocycles. The maximum absolute atomic E-state index is 9.44. The molecular formula is C19H15ClN2O2. The number of hydrogen-bond donors (Lipinski definition) is 0. The summed E-state index contributed by atoms with van der Waals surface area (Å²) in [6.07, 6.45) is 3.72. The first kappa shape index (κ1) is 16.3. The van der Waals surface area contributed by atoms with Crippen LogP contribution in [0.3, 0.4) is 0 Å². The van der Waals surface area contributed by atoms with E-state index in [1.165, 1.54) is 7.11 Å². The van der Waals surface area contributed by atoms with Crippen molar-refractivity contribution >= 4 is 11.6 Å². The van der Waals surface area contributed by atoms with Crippen LogP contribution in [-0.4, -0.2) is 11.7 Å². The molecule has 0 aliphatic carbocycles. The molecule has 0 saturated carbocycles. The lowest BCUT2D eigenvalue weighted by atomic mass is 10.1. The molecule has 2 aromatic carbocycles. The van der Waals surface area contributed by atoms with E-state index in [9.17, 15) is 5.26 Å². The number of halogens is 1. The van der Waals surface area contributed by atoms with Crippen LogP contribution in [0.25, 0.3) is 16.8 Å². The van der Waals surface area contributed by atoms with E-state index in [0.29, 0.717) is 17.2 Å². The third-order valence-corrected chi connectivity index (χ3v) is 4.02. The fraction of sp³-hybridized carbons (Fsp3) is 0.105. The number of rotatable bonds is 5. The number of nitriles is 1. The van der Waals surface area contributed by atoms with Crippen LogP contribution < -0.4 is 0 Å². The molecule has 0 bridgehead atoms. The highest BCUT2D eigenvalue weighted by molar-refractivity contribution is 6.33. The van der Waals surface area contributed by atoms with Crippen LogP contribution in [0.15, 0.2) is 60.9 Å². The van der Waals surface area contributed by atoms with Gasteiger partial charge in [0.1, 0.15) is 12.7 Å². The van der Waals surface area contributed by atoms with Crippen LogP contribution in [0, 0.1) is 11.3 Å². The topological polar surface area (TPSA) is 47.2 Å². The van der Waals surface area contributed by atoms with Crippen LogP contribution in [-0.2, 0) is 16.4 Å². The van der Waals surface area contributed by atoms with Gasteiger partial charge in [-0.1, -0.05) is 41.9 Å². The molecule has 0 amide bonds. The molecule has 0 atom stereocenters. The summed E-state index contributed by atoms with van der Waals surface area (Å²) in [5.74, 6) is 0. The predicted molar refractivity (Wildman–Crippen MR) is 92.7 cm³/mol. The van der Waals surface area contributed by atoms with Gasteiger partial charge in [0.2, 0.25) is 0 Å². The van der Waals surface area contributed by atoms with Crippen LogP contribution in [0.4, 0.5) is 0 Å². The number of nitrogens with zero attached hydrogens (tertiary/aromatic N) is 2. The highest BCUT2D eigenvalue weighted by atomic mass is 35.5. The molecule has 0 fully saturated rings. The summed E-state index contributed by atoms with van der Waals surface area (Å²) in [5, 5.41) is 10.1. The largest absolute Gasteiger partial charge is 0.322 e. The second kappa shape index (κ2) is 7.33. The summed E-state index contributed by atoms with van der Waals surface area (Å²) in [5.41, 5.74) is 4.19. The van der Waals surface area contributed by atoms with Crippen LogP contribution in [0.5, 0.6) is 0 Å². The normalized spacial score (nSPS) is 10.5. The van der Waals surface area contributed by atoms with E-state index in [0.717, 1.165) is 22.4 Å². The second-order valence-corrected chi connectivity index (χ2v) is 5.59. The van der Waals surface area contributed by atoms with Gasteiger partial charge in [-0.15, -0.1) is 0 Å². The molecule has 0 radical (unpaired) electrons. The van der Waals surface area contributed by atoms with E-state index in [2.05, 4.69) is 11.0 Å². The fourth-order valence-corrected chi connectivity index (χ4v) is 2.72. The van der Waals surface area contributed by atoms with Gasteiger partial charge < -0.3 is 4.57 Å². The first-order chi connectivity index (χ1) is 11.7. The molecule has 5 heteroatoms. The fourth-order valence-electron chi connectivity index (χ4n) is 2.48. The first-order valence-electron chi connectivity index (χ1n) is 7.35. The number of aromatic nitrogens is 1. The van der Waals surface area contributed by atoms with Crippen molar-refractivity contribution in [3.05, 3.63) is 77.1 Å². The molecule has 1 heterocycles. The Labute approximate surface area is 145 Å². The highest BCUT2D eigenvalue weighted by Crippen LogP contribution is 2.31. The summed E-state index contributed by atoms with van der Waals surface area (Å²) in [6, 6.07) is 17.6. The van der Waals surface area contributed by atoms with Gasteiger partial charge in [-0.05, 0) is 23.8 Å². The first-order valence-corrected chi connectivity index (χ1v) is 7.72. The van der Waals surface area contributed by atoms with E-state index < -0.39 is 0 Å². The van der Waals surface area contributed by atoms with Crippen molar-refractivity contribution in [3.8, 4) is 22.9 Å². The molecule has 0 N–H and O–H groups in total.